The lowest BCUT2D eigenvalue weighted by atomic mass is 9.95. The van der Waals surface area contributed by atoms with Gasteiger partial charge in [0.05, 0.1) is 17.6 Å². The van der Waals surface area contributed by atoms with Crippen molar-refractivity contribution in [2.75, 3.05) is 41.7 Å². The molecule has 0 spiro atoms. The molecule has 1 saturated carbocycles. The zero-order valence-corrected chi connectivity index (χ0v) is 25.5. The molecule has 1 aliphatic carbocycles. The number of oxazole rings is 1. The first kappa shape index (κ1) is 32.0. The average molecular weight is 651 g/mol. The van der Waals surface area contributed by atoms with E-state index in [2.05, 4.69) is 32.7 Å². The molecule has 0 bridgehead atoms. The van der Waals surface area contributed by atoms with E-state index >= 15 is 0 Å². The third-order valence-electron chi connectivity index (χ3n) is 8.74. The molecule has 1 unspecified atom stereocenters. The van der Waals surface area contributed by atoms with E-state index in [-0.39, 0.29) is 23.7 Å². The number of piperazine rings is 1. The molecule has 2 aromatic heterocycles. The Bertz CT molecular complexity index is 1690. The van der Waals surface area contributed by atoms with Crippen LogP contribution in [0.5, 0.6) is 0 Å². The number of halogens is 4. The summed E-state index contributed by atoms with van der Waals surface area (Å²) >= 11 is 0. The molecule has 2 N–H and O–H groups in total. The molecule has 3 amide bonds. The number of para-hydroxylation sites is 1. The number of nitrogens with zero attached hydrogens (tertiary/aromatic N) is 4. The number of carbonyl (C=O) groups is 2. The van der Waals surface area contributed by atoms with Crippen LogP contribution < -0.4 is 15.5 Å². The average Bonchev–Trinajstić information content (AvgIpc) is 3.74. The van der Waals surface area contributed by atoms with Gasteiger partial charge in [0.15, 0.2) is 11.6 Å². The fourth-order valence-corrected chi connectivity index (χ4v) is 6.24. The van der Waals surface area contributed by atoms with Crippen LogP contribution >= 0.6 is 0 Å². The minimum absolute atomic E-state index is 0.101. The van der Waals surface area contributed by atoms with Gasteiger partial charge in [-0.05, 0) is 67.3 Å². The first-order valence-electron chi connectivity index (χ1n) is 15.6. The van der Waals surface area contributed by atoms with E-state index in [9.17, 15) is 27.2 Å². The van der Waals surface area contributed by atoms with Crippen LogP contribution in [0.3, 0.4) is 0 Å². The molecule has 2 aliphatic rings. The van der Waals surface area contributed by atoms with Crippen LogP contribution in [0, 0.1) is 11.7 Å². The number of anilines is 3. The molecule has 1 saturated heterocycles. The fraction of sp³-hybridized carbons (Fsp3) is 0.353. The second-order valence-electron chi connectivity index (χ2n) is 11.9. The largest absolute Gasteiger partial charge is 0.437 e. The van der Waals surface area contributed by atoms with Crippen LogP contribution in [-0.2, 0) is 12.6 Å². The Morgan fingerprint density at radius 2 is 1.66 bits per heavy atom. The maximum atomic E-state index is 13.9. The first-order valence-corrected chi connectivity index (χ1v) is 15.6. The van der Waals surface area contributed by atoms with Gasteiger partial charge in [-0.1, -0.05) is 42.5 Å². The molecular weight excluding hydrogens is 616 g/mol. The van der Waals surface area contributed by atoms with E-state index in [1.54, 1.807) is 17.0 Å². The number of nitrogens with one attached hydrogen (secondary N) is 2. The fourth-order valence-electron chi connectivity index (χ4n) is 6.24. The molecule has 246 valence electrons. The molecule has 3 heterocycles. The van der Waals surface area contributed by atoms with E-state index < -0.39 is 35.4 Å². The van der Waals surface area contributed by atoms with Crippen molar-refractivity contribution in [3.05, 3.63) is 102 Å². The zero-order valence-electron chi connectivity index (χ0n) is 25.5. The number of urea groups is 1. The minimum Gasteiger partial charge on any atom is -0.435 e. The van der Waals surface area contributed by atoms with Crippen LogP contribution in [0.1, 0.15) is 59.3 Å². The maximum absolute atomic E-state index is 13.9. The van der Waals surface area contributed by atoms with Gasteiger partial charge in [0.25, 0.3) is 5.91 Å². The van der Waals surface area contributed by atoms with E-state index in [1.807, 2.05) is 23.1 Å². The summed E-state index contributed by atoms with van der Waals surface area (Å²) in [4.78, 5) is 37.0. The quantitative estimate of drug-likeness (QED) is 0.193. The van der Waals surface area contributed by atoms with Crippen molar-refractivity contribution in [2.45, 2.75) is 44.2 Å². The summed E-state index contributed by atoms with van der Waals surface area (Å²) in [5.41, 5.74) is 0.215. The lowest BCUT2D eigenvalue weighted by Gasteiger charge is -2.35. The van der Waals surface area contributed by atoms with Crippen molar-refractivity contribution in [2.24, 2.45) is 5.92 Å². The number of carbonyl (C=O) groups excluding carboxylic acids is 2. The van der Waals surface area contributed by atoms with E-state index in [0.717, 1.165) is 19.3 Å². The Labute approximate surface area is 269 Å². The molecule has 2 aromatic carbocycles. The Hall–Kier alpha value is -4.94. The molecule has 13 heteroatoms. The number of amides is 3. The summed E-state index contributed by atoms with van der Waals surface area (Å²) in [5.74, 6) is -1.24. The molecule has 0 radical (unpaired) electrons. The number of hydrogen-bond acceptors (Lipinski definition) is 6. The number of aryl methyl sites for hydroxylation is 1. The molecule has 2 fully saturated rings. The maximum Gasteiger partial charge on any atom is 0.437 e. The third kappa shape index (κ3) is 7.72. The lowest BCUT2D eigenvalue weighted by Crippen LogP contribution is -2.50. The summed E-state index contributed by atoms with van der Waals surface area (Å²) in [5, 5.41) is 5.01. The molecule has 1 aliphatic heterocycles. The van der Waals surface area contributed by atoms with Crippen molar-refractivity contribution in [1.29, 1.82) is 0 Å². The Morgan fingerprint density at radius 1 is 0.915 bits per heavy atom. The number of rotatable bonds is 8. The Kier molecular flexibility index (Phi) is 9.41. The molecule has 9 nitrogen and oxygen atoms in total. The monoisotopic (exact) mass is 650 g/mol. The topological polar surface area (TPSA) is 104 Å². The summed E-state index contributed by atoms with van der Waals surface area (Å²) in [6.07, 6.45) is 0.264. The molecule has 2 atom stereocenters. The third-order valence-corrected chi connectivity index (χ3v) is 8.74. The standard InChI is InChI=1S/C34H34F4N6O3/c35-26-8-4-5-9-27(26)41-33(46)44-18-16-43(17-19-44)28-14-13-25(21-39-28)40-32(45)30-31(34(36,37)38)42-29(47-30)15-11-22-10-12-24(20-22)23-6-2-1-3-7-23/h1-9,13-14,21-22,24H,10-12,15-20H2,(H,40,45)(H,41,46)/t22?,24-/m0/s1. The van der Waals surface area contributed by atoms with Gasteiger partial charge in [0.1, 0.15) is 11.6 Å². The van der Waals surface area contributed by atoms with Crippen LogP contribution in [-0.4, -0.2) is 53.0 Å². The number of alkyl halides is 3. The summed E-state index contributed by atoms with van der Waals surface area (Å²) in [6, 6.07) is 18.9. The van der Waals surface area contributed by atoms with Crippen molar-refractivity contribution in [1.82, 2.24) is 14.9 Å². The predicted octanol–water partition coefficient (Wildman–Crippen LogP) is 7.35. The minimum atomic E-state index is -4.86. The van der Waals surface area contributed by atoms with Crippen LogP contribution in [0.4, 0.5) is 39.5 Å². The Morgan fingerprint density at radius 3 is 2.36 bits per heavy atom. The zero-order chi connectivity index (χ0) is 33.0. The number of benzene rings is 2. The second kappa shape index (κ2) is 13.8. The highest BCUT2D eigenvalue weighted by atomic mass is 19.4. The van der Waals surface area contributed by atoms with Crippen LogP contribution in [0.2, 0.25) is 0 Å². The van der Waals surface area contributed by atoms with Crippen molar-refractivity contribution in [3.63, 3.8) is 0 Å². The summed E-state index contributed by atoms with van der Waals surface area (Å²) in [6.45, 7) is 1.63. The van der Waals surface area contributed by atoms with Crippen molar-refractivity contribution >= 4 is 29.1 Å². The molecular formula is C34H34F4N6O3. The van der Waals surface area contributed by atoms with Crippen LogP contribution in [0.15, 0.2) is 77.3 Å². The molecule has 47 heavy (non-hydrogen) atoms. The van der Waals surface area contributed by atoms with Gasteiger partial charge in [-0.25, -0.2) is 19.2 Å². The highest BCUT2D eigenvalue weighted by Gasteiger charge is 2.41. The van der Waals surface area contributed by atoms with Gasteiger partial charge in [-0.2, -0.15) is 13.2 Å². The van der Waals surface area contributed by atoms with Gasteiger partial charge in [-0.3, -0.25) is 4.79 Å². The predicted molar refractivity (Wildman–Crippen MR) is 168 cm³/mol. The van der Waals surface area contributed by atoms with Gasteiger partial charge in [0.2, 0.25) is 5.76 Å². The van der Waals surface area contributed by atoms with E-state index in [1.165, 1.54) is 36.0 Å². The summed E-state index contributed by atoms with van der Waals surface area (Å²) in [7, 11) is 0. The second-order valence-corrected chi connectivity index (χ2v) is 11.9. The first-order chi connectivity index (χ1) is 22.6. The van der Waals surface area contributed by atoms with Crippen molar-refractivity contribution < 1.29 is 31.6 Å². The van der Waals surface area contributed by atoms with Gasteiger partial charge in [0, 0.05) is 32.6 Å². The highest BCUT2D eigenvalue weighted by molar-refractivity contribution is 6.03. The van der Waals surface area contributed by atoms with Crippen LogP contribution in [0.25, 0.3) is 0 Å². The highest BCUT2D eigenvalue weighted by Crippen LogP contribution is 2.40. The van der Waals surface area contributed by atoms with E-state index in [4.69, 9.17) is 4.42 Å². The van der Waals surface area contributed by atoms with Gasteiger partial charge in [-0.15, -0.1) is 0 Å². The normalized spacial score (nSPS) is 18.3. The number of hydrogen-bond donors (Lipinski definition) is 2. The molecule has 4 aromatic rings. The SMILES string of the molecule is O=C(Nc1ccc(N2CCN(C(=O)Nc3ccccc3F)CC2)nc1)c1oc(CCC2CC[C@H](c3ccccc3)C2)nc1C(F)(F)F. The number of aromatic nitrogens is 2. The number of pyridine rings is 1. The lowest BCUT2D eigenvalue weighted by molar-refractivity contribution is -0.141. The van der Waals surface area contributed by atoms with Gasteiger partial charge < -0.3 is 24.9 Å². The molecule has 6 rings (SSSR count). The smallest absolute Gasteiger partial charge is 0.435 e. The van der Waals surface area contributed by atoms with E-state index in [0.29, 0.717) is 50.3 Å². The Balaban J connectivity index is 1.02. The van der Waals surface area contributed by atoms with Gasteiger partial charge >= 0.3 is 12.2 Å². The summed E-state index contributed by atoms with van der Waals surface area (Å²) < 4.78 is 60.8. The van der Waals surface area contributed by atoms with Crippen molar-refractivity contribution in [3.8, 4) is 0 Å².